The van der Waals surface area contributed by atoms with E-state index in [0.29, 0.717) is 37.7 Å². The summed E-state index contributed by atoms with van der Waals surface area (Å²) in [6.07, 6.45) is 6.64. The van der Waals surface area contributed by atoms with Gasteiger partial charge in [-0.25, -0.2) is 4.99 Å². The van der Waals surface area contributed by atoms with Crippen LogP contribution in [0.2, 0.25) is 0 Å². The Morgan fingerprint density at radius 3 is 2.58 bits per heavy atom. The molecule has 2 rings (SSSR count). The first-order chi connectivity index (χ1) is 12.5. The summed E-state index contributed by atoms with van der Waals surface area (Å²) >= 11 is 0. The van der Waals surface area contributed by atoms with Gasteiger partial charge in [-0.2, -0.15) is 0 Å². The van der Waals surface area contributed by atoms with E-state index in [4.69, 9.17) is 9.47 Å². The predicted molar refractivity (Wildman–Crippen MR) is 103 cm³/mol. The summed E-state index contributed by atoms with van der Waals surface area (Å²) in [7, 11) is 5.27. The molecule has 1 saturated heterocycles. The lowest BCUT2D eigenvalue weighted by Gasteiger charge is -2.37. The zero-order valence-electron chi connectivity index (χ0n) is 16.8. The third-order valence-electron chi connectivity index (χ3n) is 5.72. The van der Waals surface area contributed by atoms with Crippen LogP contribution in [-0.2, 0) is 14.3 Å². The molecule has 150 valence electrons. The van der Waals surface area contributed by atoms with Crippen LogP contribution in [0.1, 0.15) is 45.4 Å². The molecule has 0 aromatic rings. The number of hydrogen-bond acceptors (Lipinski definition) is 4. The SMILES string of the molecule is COC1(CNC(=NCC(=O)N(C)C)NC2CCCCC2C)CCOCC1. The molecule has 1 aliphatic carbocycles. The van der Waals surface area contributed by atoms with E-state index in [-0.39, 0.29) is 18.1 Å². The molecule has 1 saturated carbocycles. The summed E-state index contributed by atoms with van der Waals surface area (Å²) in [4.78, 5) is 18.1. The number of likely N-dealkylation sites (N-methyl/N-ethyl adjacent to an activating group) is 1. The molecule has 1 aliphatic heterocycles. The van der Waals surface area contributed by atoms with Crippen LogP contribution in [-0.4, -0.2) is 75.9 Å². The van der Waals surface area contributed by atoms with Crippen LogP contribution in [0.5, 0.6) is 0 Å². The van der Waals surface area contributed by atoms with E-state index < -0.39 is 0 Å². The molecule has 2 fully saturated rings. The van der Waals surface area contributed by atoms with Crippen molar-refractivity contribution >= 4 is 11.9 Å². The van der Waals surface area contributed by atoms with E-state index in [9.17, 15) is 4.79 Å². The van der Waals surface area contributed by atoms with Crippen molar-refractivity contribution in [2.45, 2.75) is 57.1 Å². The van der Waals surface area contributed by atoms with E-state index in [1.165, 1.54) is 19.3 Å². The molecular weight excluding hydrogens is 332 g/mol. The molecule has 2 unspecified atom stereocenters. The predicted octanol–water partition coefficient (Wildman–Crippen LogP) is 1.38. The fourth-order valence-electron chi connectivity index (χ4n) is 3.59. The third-order valence-corrected chi connectivity index (χ3v) is 5.72. The van der Waals surface area contributed by atoms with Gasteiger partial charge < -0.3 is 25.0 Å². The van der Waals surface area contributed by atoms with Crippen LogP contribution in [0.4, 0.5) is 0 Å². The summed E-state index contributed by atoms with van der Waals surface area (Å²) in [6, 6.07) is 0.401. The van der Waals surface area contributed by atoms with Gasteiger partial charge in [-0.1, -0.05) is 19.8 Å². The van der Waals surface area contributed by atoms with Gasteiger partial charge in [-0.05, 0) is 18.8 Å². The number of nitrogens with one attached hydrogen (secondary N) is 2. The molecule has 0 radical (unpaired) electrons. The van der Waals surface area contributed by atoms with Crippen molar-refractivity contribution in [1.29, 1.82) is 0 Å². The quantitative estimate of drug-likeness (QED) is 0.547. The summed E-state index contributed by atoms with van der Waals surface area (Å²) in [5, 5.41) is 6.99. The van der Waals surface area contributed by atoms with Gasteiger partial charge in [0.2, 0.25) is 5.91 Å². The number of ether oxygens (including phenoxy) is 2. The molecule has 0 aromatic heterocycles. The van der Waals surface area contributed by atoms with Crippen molar-refractivity contribution in [2.24, 2.45) is 10.9 Å². The summed E-state index contributed by atoms with van der Waals surface area (Å²) in [5.41, 5.74) is -0.232. The largest absolute Gasteiger partial charge is 0.381 e. The Morgan fingerprint density at radius 2 is 1.96 bits per heavy atom. The number of aliphatic imine (C=N–C) groups is 1. The molecule has 2 N–H and O–H groups in total. The van der Waals surface area contributed by atoms with Crippen molar-refractivity contribution in [3.8, 4) is 0 Å². The molecular formula is C19H36N4O3. The molecule has 1 heterocycles. The highest BCUT2D eigenvalue weighted by atomic mass is 16.5. The Bertz CT molecular complexity index is 475. The minimum Gasteiger partial charge on any atom is -0.381 e. The lowest BCUT2D eigenvalue weighted by Crippen LogP contribution is -2.53. The molecule has 2 atom stereocenters. The van der Waals surface area contributed by atoms with Crippen LogP contribution >= 0.6 is 0 Å². The highest BCUT2D eigenvalue weighted by Crippen LogP contribution is 2.25. The van der Waals surface area contributed by atoms with E-state index in [0.717, 1.165) is 19.3 Å². The van der Waals surface area contributed by atoms with Crippen LogP contribution in [0.25, 0.3) is 0 Å². The normalized spacial score (nSPS) is 26.2. The molecule has 26 heavy (non-hydrogen) atoms. The molecule has 1 amide bonds. The maximum absolute atomic E-state index is 12.0. The van der Waals surface area contributed by atoms with Gasteiger partial charge in [0.25, 0.3) is 0 Å². The average molecular weight is 369 g/mol. The first kappa shape index (κ1) is 21.0. The highest BCUT2D eigenvalue weighted by molar-refractivity contribution is 5.85. The van der Waals surface area contributed by atoms with Gasteiger partial charge in [0.15, 0.2) is 5.96 Å². The van der Waals surface area contributed by atoms with Crippen LogP contribution in [0, 0.1) is 5.92 Å². The third kappa shape index (κ3) is 6.13. The van der Waals surface area contributed by atoms with E-state index in [1.54, 1.807) is 26.1 Å². The number of guanidine groups is 1. The van der Waals surface area contributed by atoms with Crippen molar-refractivity contribution < 1.29 is 14.3 Å². The number of amides is 1. The second kappa shape index (κ2) is 10.1. The Hall–Kier alpha value is -1.34. The Balaban J connectivity index is 2.01. The Kier molecular flexibility index (Phi) is 8.15. The fourth-order valence-corrected chi connectivity index (χ4v) is 3.59. The summed E-state index contributed by atoms with van der Waals surface area (Å²) in [5.74, 6) is 1.32. The molecule has 2 aliphatic rings. The van der Waals surface area contributed by atoms with Crippen LogP contribution in [0.15, 0.2) is 4.99 Å². The topological polar surface area (TPSA) is 75.2 Å². The van der Waals surface area contributed by atoms with Crippen LogP contribution in [0.3, 0.4) is 0 Å². The average Bonchev–Trinajstić information content (AvgIpc) is 2.65. The second-order valence-corrected chi connectivity index (χ2v) is 7.82. The van der Waals surface area contributed by atoms with E-state index in [1.807, 2.05) is 0 Å². The van der Waals surface area contributed by atoms with Crippen molar-refractivity contribution in [3.63, 3.8) is 0 Å². The standard InChI is InChI=1S/C19H36N4O3/c1-15-7-5-6-8-16(15)22-18(20-13-17(24)23(2)3)21-14-19(25-4)9-11-26-12-10-19/h15-16H,5-14H2,1-4H3,(H2,20,21,22). The van der Waals surface area contributed by atoms with Gasteiger partial charge in [-0.15, -0.1) is 0 Å². The van der Waals surface area contributed by atoms with Crippen molar-refractivity contribution in [2.75, 3.05) is 47.5 Å². The summed E-state index contributed by atoms with van der Waals surface area (Å²) in [6.45, 7) is 4.53. The zero-order valence-corrected chi connectivity index (χ0v) is 16.8. The van der Waals surface area contributed by atoms with Gasteiger partial charge in [0.1, 0.15) is 6.54 Å². The van der Waals surface area contributed by atoms with Crippen LogP contribution < -0.4 is 10.6 Å². The summed E-state index contributed by atoms with van der Waals surface area (Å²) < 4.78 is 11.3. The maximum Gasteiger partial charge on any atom is 0.243 e. The molecule has 0 aromatic carbocycles. The lowest BCUT2D eigenvalue weighted by atomic mass is 9.86. The van der Waals surface area contributed by atoms with Gasteiger partial charge >= 0.3 is 0 Å². The van der Waals surface area contributed by atoms with Crippen molar-refractivity contribution in [3.05, 3.63) is 0 Å². The number of hydrogen-bond donors (Lipinski definition) is 2. The number of nitrogens with zero attached hydrogens (tertiary/aromatic N) is 2. The van der Waals surface area contributed by atoms with Gasteiger partial charge in [-0.3, -0.25) is 4.79 Å². The monoisotopic (exact) mass is 368 g/mol. The fraction of sp³-hybridized carbons (Fsp3) is 0.895. The first-order valence-electron chi connectivity index (χ1n) is 9.84. The van der Waals surface area contributed by atoms with Crippen molar-refractivity contribution in [1.82, 2.24) is 15.5 Å². The first-order valence-corrected chi connectivity index (χ1v) is 9.84. The zero-order chi connectivity index (χ0) is 19.0. The Labute approximate surface area is 157 Å². The van der Waals surface area contributed by atoms with Gasteiger partial charge in [0.05, 0.1) is 5.60 Å². The number of methoxy groups -OCH3 is 1. The Morgan fingerprint density at radius 1 is 1.27 bits per heavy atom. The molecule has 7 heteroatoms. The highest BCUT2D eigenvalue weighted by Gasteiger charge is 2.33. The minimum atomic E-state index is -0.232. The number of carbonyl (C=O) groups excluding carboxylic acids is 1. The molecule has 0 bridgehead atoms. The molecule has 7 nitrogen and oxygen atoms in total. The van der Waals surface area contributed by atoms with E-state index >= 15 is 0 Å². The number of rotatable bonds is 6. The van der Waals surface area contributed by atoms with E-state index in [2.05, 4.69) is 22.5 Å². The minimum absolute atomic E-state index is 0.00434. The van der Waals surface area contributed by atoms with Gasteiger partial charge in [0, 0.05) is 59.8 Å². The second-order valence-electron chi connectivity index (χ2n) is 7.82. The lowest BCUT2D eigenvalue weighted by molar-refractivity contribution is -0.127. The molecule has 0 spiro atoms. The number of carbonyl (C=O) groups is 1. The maximum atomic E-state index is 12.0. The smallest absolute Gasteiger partial charge is 0.243 e.